The molecule has 1 fully saturated rings. The Labute approximate surface area is 183 Å². The van der Waals surface area contributed by atoms with Crippen molar-refractivity contribution in [1.82, 2.24) is 5.06 Å². The van der Waals surface area contributed by atoms with Gasteiger partial charge >= 0.3 is 0 Å². The highest BCUT2D eigenvalue weighted by molar-refractivity contribution is 6.74. The molecule has 30 heavy (non-hydrogen) atoms. The van der Waals surface area contributed by atoms with E-state index in [0.717, 1.165) is 25.2 Å². The van der Waals surface area contributed by atoms with Crippen LogP contribution in [-0.2, 0) is 25.3 Å². The molecule has 3 rings (SSSR count). The van der Waals surface area contributed by atoms with Crippen molar-refractivity contribution in [2.24, 2.45) is 0 Å². The van der Waals surface area contributed by atoms with Crippen LogP contribution in [0.3, 0.4) is 0 Å². The summed E-state index contributed by atoms with van der Waals surface area (Å²) in [5.41, 5.74) is 1.20. The fourth-order valence-corrected chi connectivity index (χ4v) is 4.58. The maximum absolute atomic E-state index is 6.92. The second kappa shape index (κ2) is 9.13. The van der Waals surface area contributed by atoms with Gasteiger partial charge in [0.05, 0.1) is 13.2 Å². The zero-order valence-electron chi connectivity index (χ0n) is 19.7. The molecule has 168 valence electrons. The van der Waals surface area contributed by atoms with Crippen molar-refractivity contribution in [3.8, 4) is 0 Å². The van der Waals surface area contributed by atoms with Crippen molar-refractivity contribution < 1.29 is 18.7 Å². The monoisotopic (exact) mass is 433 g/mol. The normalized spacial score (nSPS) is 23.2. The Balaban J connectivity index is 1.97. The molecule has 0 aromatic heterocycles. The molecule has 0 amide bonds. The van der Waals surface area contributed by atoms with Crippen LogP contribution in [-0.4, -0.2) is 44.5 Å². The van der Waals surface area contributed by atoms with Gasteiger partial charge in [0.2, 0.25) is 8.32 Å². The van der Waals surface area contributed by atoms with Crippen LogP contribution in [0, 0.1) is 0 Å². The summed E-state index contributed by atoms with van der Waals surface area (Å²) >= 11 is 0. The Bertz CT molecular complexity index is 726. The van der Waals surface area contributed by atoms with Crippen molar-refractivity contribution in [2.75, 3.05) is 13.2 Å². The number of hydrogen-bond acceptors (Lipinski definition) is 5. The molecule has 1 aromatic rings. The third kappa shape index (κ3) is 5.74. The lowest BCUT2D eigenvalue weighted by Crippen LogP contribution is -2.54. The van der Waals surface area contributed by atoms with E-state index in [-0.39, 0.29) is 17.2 Å². The number of rotatable bonds is 7. The van der Waals surface area contributed by atoms with Crippen LogP contribution in [0.1, 0.15) is 53.0 Å². The minimum absolute atomic E-state index is 0.0839. The van der Waals surface area contributed by atoms with E-state index in [2.05, 4.69) is 69.3 Å². The lowest BCUT2D eigenvalue weighted by molar-refractivity contribution is -0.180. The molecule has 0 spiro atoms. The predicted octanol–water partition coefficient (Wildman–Crippen LogP) is 5.64. The van der Waals surface area contributed by atoms with Crippen molar-refractivity contribution in [3.05, 3.63) is 47.7 Å². The van der Waals surface area contributed by atoms with Gasteiger partial charge < -0.3 is 18.7 Å². The third-order valence-electron chi connectivity index (χ3n) is 6.28. The lowest BCUT2D eigenvalue weighted by atomic mass is 10.1. The van der Waals surface area contributed by atoms with Crippen LogP contribution in [0.2, 0.25) is 18.1 Å². The summed E-state index contributed by atoms with van der Waals surface area (Å²) in [6.45, 7) is 17.2. The van der Waals surface area contributed by atoms with E-state index < -0.39 is 14.1 Å². The van der Waals surface area contributed by atoms with Crippen LogP contribution in [0.4, 0.5) is 0 Å². The molecule has 2 heterocycles. The van der Waals surface area contributed by atoms with Crippen molar-refractivity contribution in [2.45, 2.75) is 90.1 Å². The minimum Gasteiger partial charge on any atom is -0.496 e. The number of nitrogens with zero attached hydrogens (tertiary/aromatic N) is 1. The van der Waals surface area contributed by atoms with E-state index in [4.69, 9.17) is 18.7 Å². The Morgan fingerprint density at radius 2 is 1.90 bits per heavy atom. The lowest BCUT2D eigenvalue weighted by Gasteiger charge is -2.44. The first kappa shape index (κ1) is 23.5. The number of hydrogen-bond donors (Lipinski definition) is 0. The molecular weight excluding hydrogens is 394 g/mol. The zero-order chi connectivity index (χ0) is 22.0. The average Bonchev–Trinajstić information content (AvgIpc) is 3.02. The first-order chi connectivity index (χ1) is 14.0. The molecule has 5 nitrogen and oxygen atoms in total. The van der Waals surface area contributed by atoms with Gasteiger partial charge in [-0.1, -0.05) is 51.1 Å². The molecule has 2 atom stereocenters. The molecule has 6 heteroatoms. The fraction of sp³-hybridized carbons (Fsp3) is 0.667. The Hall–Kier alpha value is -1.18. The summed E-state index contributed by atoms with van der Waals surface area (Å²) in [5.74, 6) is 0.343. The molecule has 0 saturated carbocycles. The number of benzene rings is 1. The summed E-state index contributed by atoms with van der Waals surface area (Å²) in [6.07, 6.45) is 4.11. The van der Waals surface area contributed by atoms with Crippen molar-refractivity contribution in [3.63, 3.8) is 0 Å². The van der Waals surface area contributed by atoms with Crippen molar-refractivity contribution >= 4 is 8.32 Å². The molecule has 1 saturated heterocycles. The second-order valence-electron chi connectivity index (χ2n) is 10.3. The Morgan fingerprint density at radius 3 is 2.43 bits per heavy atom. The maximum Gasteiger partial charge on any atom is 0.220 e. The number of ether oxygens (including phenoxy) is 3. The highest BCUT2D eigenvalue weighted by atomic mass is 28.4. The first-order valence-corrected chi connectivity index (χ1v) is 14.0. The van der Waals surface area contributed by atoms with E-state index >= 15 is 0 Å². The van der Waals surface area contributed by atoms with Crippen LogP contribution in [0.15, 0.2) is 42.2 Å². The molecule has 0 radical (unpaired) electrons. The van der Waals surface area contributed by atoms with Gasteiger partial charge in [-0.25, -0.2) is 0 Å². The highest BCUT2D eigenvalue weighted by Gasteiger charge is 2.47. The summed E-state index contributed by atoms with van der Waals surface area (Å²) < 4.78 is 25.4. The van der Waals surface area contributed by atoms with Gasteiger partial charge in [-0.3, -0.25) is 0 Å². The molecule has 1 unspecified atom stereocenters. The number of hydroxylamine groups is 2. The summed E-state index contributed by atoms with van der Waals surface area (Å²) in [7, 11) is -2.09. The average molecular weight is 434 g/mol. The van der Waals surface area contributed by atoms with Gasteiger partial charge in [0.15, 0.2) is 5.79 Å². The van der Waals surface area contributed by atoms with Crippen LogP contribution < -0.4 is 0 Å². The molecule has 0 N–H and O–H groups in total. The summed E-state index contributed by atoms with van der Waals surface area (Å²) in [5, 5.41) is 2.21. The van der Waals surface area contributed by atoms with E-state index in [0.29, 0.717) is 13.2 Å². The third-order valence-corrected chi connectivity index (χ3v) is 10.6. The largest absolute Gasteiger partial charge is 0.496 e. The molecule has 0 aliphatic carbocycles. The van der Waals surface area contributed by atoms with E-state index in [1.807, 2.05) is 19.9 Å². The molecule has 2 aliphatic heterocycles. The quantitative estimate of drug-likeness (QED) is 0.411. The molecule has 0 bridgehead atoms. The molecule has 2 aliphatic rings. The van der Waals surface area contributed by atoms with E-state index in [9.17, 15) is 0 Å². The van der Waals surface area contributed by atoms with E-state index in [1.165, 1.54) is 5.56 Å². The minimum atomic E-state index is -2.09. The Morgan fingerprint density at radius 1 is 1.20 bits per heavy atom. The number of allylic oxidation sites excluding steroid dienone is 1. The van der Waals surface area contributed by atoms with Gasteiger partial charge in [-0.2, -0.15) is 5.06 Å². The van der Waals surface area contributed by atoms with Gasteiger partial charge in [0.25, 0.3) is 0 Å². The SMILES string of the molecule is CC1(C)OC[C@H](C(C2=CCCCO2)N(Cc2ccccc2)O[Si](C)(C)C(C)(C)C)O1. The first-order valence-electron chi connectivity index (χ1n) is 11.1. The van der Waals surface area contributed by atoms with Crippen LogP contribution in [0.5, 0.6) is 0 Å². The van der Waals surface area contributed by atoms with Crippen LogP contribution >= 0.6 is 0 Å². The standard InChI is InChI=1S/C24H39NO4Si/c1-23(2,3)30(6,7)29-25(17-19-13-9-8-10-14-19)22(20-15-11-12-16-26-20)21-18-27-24(4,5)28-21/h8-10,13-15,21-22H,11-12,16-18H2,1-7H3/t21-,22?/m1/s1. The molecular formula is C24H39NO4Si. The summed E-state index contributed by atoms with van der Waals surface area (Å²) in [4.78, 5) is 0. The highest BCUT2D eigenvalue weighted by Crippen LogP contribution is 2.40. The smallest absolute Gasteiger partial charge is 0.220 e. The van der Waals surface area contributed by atoms with Crippen LogP contribution in [0.25, 0.3) is 0 Å². The van der Waals surface area contributed by atoms with Gasteiger partial charge in [-0.05, 0) is 56.5 Å². The van der Waals surface area contributed by atoms with Crippen molar-refractivity contribution in [1.29, 1.82) is 0 Å². The zero-order valence-corrected chi connectivity index (χ0v) is 20.7. The van der Waals surface area contributed by atoms with Gasteiger partial charge in [0, 0.05) is 6.54 Å². The molecule has 1 aromatic carbocycles. The topological polar surface area (TPSA) is 40.2 Å². The fourth-order valence-electron chi connectivity index (χ4n) is 3.55. The van der Waals surface area contributed by atoms with Gasteiger partial charge in [-0.15, -0.1) is 0 Å². The van der Waals surface area contributed by atoms with Gasteiger partial charge in [0.1, 0.15) is 17.9 Å². The second-order valence-corrected chi connectivity index (χ2v) is 15.0. The van der Waals surface area contributed by atoms with E-state index in [1.54, 1.807) is 0 Å². The summed E-state index contributed by atoms with van der Waals surface area (Å²) in [6, 6.07) is 10.3. The predicted molar refractivity (Wildman–Crippen MR) is 122 cm³/mol. The Kier molecular flexibility index (Phi) is 7.14. The maximum atomic E-state index is 6.92.